The summed E-state index contributed by atoms with van der Waals surface area (Å²) in [4.78, 5) is 11.5. The Morgan fingerprint density at radius 3 is 2.64 bits per heavy atom. The number of fused-ring (bicyclic) bond motifs is 1. The highest BCUT2D eigenvalue weighted by atomic mass is 127. The van der Waals surface area contributed by atoms with Crippen molar-refractivity contribution in [2.75, 3.05) is 33.2 Å². The zero-order chi connectivity index (χ0) is 16.8. The molecule has 0 radical (unpaired) electrons. The topological polar surface area (TPSA) is 57.5 Å². The van der Waals surface area contributed by atoms with Crippen LogP contribution in [0.4, 0.5) is 0 Å². The van der Waals surface area contributed by atoms with Crippen LogP contribution in [0.15, 0.2) is 29.3 Å². The van der Waals surface area contributed by atoms with Crippen LogP contribution in [0.25, 0.3) is 11.0 Å². The number of hydrogen-bond donors (Lipinski definition) is 2. The third-order valence-corrected chi connectivity index (χ3v) is 4.69. The molecular formula is C18H29IN6. The summed E-state index contributed by atoms with van der Waals surface area (Å²) in [5.74, 6) is 1.84. The smallest absolute Gasteiger partial charge is 0.191 e. The lowest BCUT2D eigenvalue weighted by Gasteiger charge is -2.26. The summed E-state index contributed by atoms with van der Waals surface area (Å²) in [6.45, 7) is 5.12. The monoisotopic (exact) mass is 456 g/mol. The largest absolute Gasteiger partial charge is 0.355 e. The molecule has 1 aromatic heterocycles. The fourth-order valence-electron chi connectivity index (χ4n) is 3.25. The van der Waals surface area contributed by atoms with E-state index in [1.165, 1.54) is 32.4 Å². The summed E-state index contributed by atoms with van der Waals surface area (Å²) in [5, 5.41) is 6.76. The van der Waals surface area contributed by atoms with E-state index in [1.807, 2.05) is 25.2 Å². The van der Waals surface area contributed by atoms with Gasteiger partial charge < -0.3 is 20.1 Å². The summed E-state index contributed by atoms with van der Waals surface area (Å²) in [6.07, 6.45) is 4.05. The molecule has 1 saturated heterocycles. The van der Waals surface area contributed by atoms with E-state index in [4.69, 9.17) is 0 Å². The van der Waals surface area contributed by atoms with E-state index in [0.29, 0.717) is 6.54 Å². The van der Waals surface area contributed by atoms with Gasteiger partial charge >= 0.3 is 0 Å². The van der Waals surface area contributed by atoms with Crippen molar-refractivity contribution in [1.29, 1.82) is 0 Å². The number of hydrogen-bond acceptors (Lipinski definition) is 3. The molecule has 2 aromatic rings. The highest BCUT2D eigenvalue weighted by Crippen LogP contribution is 2.13. The normalized spacial score (nSPS) is 15.8. The molecule has 3 rings (SSSR count). The van der Waals surface area contributed by atoms with Gasteiger partial charge in [0.2, 0.25) is 0 Å². The number of aryl methyl sites for hydroxylation is 1. The maximum atomic E-state index is 4.68. The Balaban J connectivity index is 0.00000225. The molecule has 0 spiro atoms. The molecule has 2 N–H and O–H groups in total. The van der Waals surface area contributed by atoms with Gasteiger partial charge in [0.1, 0.15) is 5.82 Å². The molecule has 0 unspecified atom stereocenters. The van der Waals surface area contributed by atoms with Crippen LogP contribution >= 0.6 is 24.0 Å². The van der Waals surface area contributed by atoms with E-state index >= 15 is 0 Å². The van der Waals surface area contributed by atoms with E-state index in [2.05, 4.69) is 43.2 Å². The molecule has 1 aliphatic heterocycles. The minimum Gasteiger partial charge on any atom is -0.355 e. The van der Waals surface area contributed by atoms with Crippen molar-refractivity contribution in [3.8, 4) is 0 Å². The van der Waals surface area contributed by atoms with Gasteiger partial charge in [-0.3, -0.25) is 4.99 Å². The van der Waals surface area contributed by atoms with Crippen LogP contribution in [0.3, 0.4) is 0 Å². The lowest BCUT2D eigenvalue weighted by atomic mass is 10.1. The van der Waals surface area contributed by atoms with Crippen molar-refractivity contribution in [2.24, 2.45) is 12.0 Å². The molecule has 0 atom stereocenters. The van der Waals surface area contributed by atoms with Crippen LogP contribution in [0.5, 0.6) is 0 Å². The number of nitrogens with zero attached hydrogens (tertiary/aromatic N) is 4. The van der Waals surface area contributed by atoms with Gasteiger partial charge in [0.05, 0.1) is 17.6 Å². The number of aliphatic imine (C=N–C) groups is 1. The first-order valence-corrected chi connectivity index (χ1v) is 8.85. The maximum Gasteiger partial charge on any atom is 0.191 e. The lowest BCUT2D eigenvalue weighted by Crippen LogP contribution is -2.42. The van der Waals surface area contributed by atoms with Crippen LogP contribution < -0.4 is 10.6 Å². The fourth-order valence-corrected chi connectivity index (χ4v) is 3.25. The Bertz CT molecular complexity index is 690. The summed E-state index contributed by atoms with van der Waals surface area (Å²) in [6, 6.07) is 8.21. The summed E-state index contributed by atoms with van der Waals surface area (Å²) < 4.78 is 2.13. The van der Waals surface area contributed by atoms with Gasteiger partial charge in [0.15, 0.2) is 5.96 Å². The number of imidazole rings is 1. The van der Waals surface area contributed by atoms with Crippen molar-refractivity contribution in [3.63, 3.8) is 0 Å². The number of rotatable bonds is 5. The Hall–Kier alpha value is -1.35. The number of halogens is 1. The summed E-state index contributed by atoms with van der Waals surface area (Å²) in [5.41, 5.74) is 2.19. The van der Waals surface area contributed by atoms with Crippen LogP contribution in [-0.4, -0.2) is 53.6 Å². The number of para-hydroxylation sites is 2. The Morgan fingerprint density at radius 2 is 1.92 bits per heavy atom. The van der Waals surface area contributed by atoms with Crippen LogP contribution in [0.2, 0.25) is 0 Å². The minimum atomic E-state index is 0. The van der Waals surface area contributed by atoms with Crippen LogP contribution in [0, 0.1) is 0 Å². The second-order valence-corrected chi connectivity index (χ2v) is 6.33. The highest BCUT2D eigenvalue weighted by Gasteiger charge is 2.10. The van der Waals surface area contributed by atoms with Gasteiger partial charge in [-0.2, -0.15) is 0 Å². The molecule has 1 aromatic carbocycles. The minimum absolute atomic E-state index is 0. The average molecular weight is 456 g/mol. The average Bonchev–Trinajstić information content (AvgIpc) is 2.95. The van der Waals surface area contributed by atoms with Crippen molar-refractivity contribution < 1.29 is 0 Å². The SMILES string of the molecule is CN=C(NCCN1CCCCC1)NCc1nc2ccccc2n1C.I. The number of likely N-dealkylation sites (tertiary alicyclic amines) is 1. The van der Waals surface area contributed by atoms with Gasteiger partial charge in [-0.1, -0.05) is 18.6 Å². The van der Waals surface area contributed by atoms with Crippen molar-refractivity contribution in [3.05, 3.63) is 30.1 Å². The maximum absolute atomic E-state index is 4.68. The molecule has 25 heavy (non-hydrogen) atoms. The third-order valence-electron chi connectivity index (χ3n) is 4.69. The fraction of sp³-hybridized carbons (Fsp3) is 0.556. The molecule has 1 aliphatic rings. The summed E-state index contributed by atoms with van der Waals surface area (Å²) in [7, 11) is 3.87. The number of guanidine groups is 1. The molecule has 0 bridgehead atoms. The predicted octanol–water partition coefficient (Wildman–Crippen LogP) is 2.34. The molecule has 2 heterocycles. The Labute approximate surface area is 167 Å². The highest BCUT2D eigenvalue weighted by molar-refractivity contribution is 14.0. The molecule has 138 valence electrons. The molecule has 0 amide bonds. The number of piperidine rings is 1. The zero-order valence-corrected chi connectivity index (χ0v) is 17.5. The number of nitrogens with one attached hydrogen (secondary N) is 2. The molecule has 0 aliphatic carbocycles. The van der Waals surface area contributed by atoms with E-state index in [1.54, 1.807) is 0 Å². The first-order valence-electron chi connectivity index (χ1n) is 8.85. The first kappa shape index (κ1) is 20.0. The predicted molar refractivity (Wildman–Crippen MR) is 115 cm³/mol. The van der Waals surface area contributed by atoms with E-state index in [-0.39, 0.29) is 24.0 Å². The van der Waals surface area contributed by atoms with Crippen LogP contribution in [0.1, 0.15) is 25.1 Å². The molecule has 6 nitrogen and oxygen atoms in total. The molecule has 1 fully saturated rings. The number of benzene rings is 1. The van der Waals surface area contributed by atoms with E-state index < -0.39 is 0 Å². The third kappa shape index (κ3) is 5.31. The van der Waals surface area contributed by atoms with Crippen molar-refractivity contribution in [2.45, 2.75) is 25.8 Å². The summed E-state index contributed by atoms with van der Waals surface area (Å²) >= 11 is 0. The Kier molecular flexibility index (Phi) is 7.95. The first-order chi connectivity index (χ1) is 11.8. The second-order valence-electron chi connectivity index (χ2n) is 6.33. The van der Waals surface area contributed by atoms with Gasteiger partial charge in [-0.25, -0.2) is 4.98 Å². The van der Waals surface area contributed by atoms with E-state index in [9.17, 15) is 0 Å². The van der Waals surface area contributed by atoms with Crippen molar-refractivity contribution >= 4 is 41.0 Å². The van der Waals surface area contributed by atoms with Gasteiger partial charge in [-0.15, -0.1) is 24.0 Å². The van der Waals surface area contributed by atoms with Gasteiger partial charge in [-0.05, 0) is 38.1 Å². The second kappa shape index (κ2) is 9.96. The number of aromatic nitrogens is 2. The molecular weight excluding hydrogens is 427 g/mol. The lowest BCUT2D eigenvalue weighted by molar-refractivity contribution is 0.232. The van der Waals surface area contributed by atoms with Gasteiger partial charge in [0, 0.05) is 27.2 Å². The van der Waals surface area contributed by atoms with Crippen molar-refractivity contribution in [1.82, 2.24) is 25.1 Å². The van der Waals surface area contributed by atoms with Crippen LogP contribution in [-0.2, 0) is 13.6 Å². The quantitative estimate of drug-likeness (QED) is 0.412. The van der Waals surface area contributed by atoms with Gasteiger partial charge in [0.25, 0.3) is 0 Å². The Morgan fingerprint density at radius 1 is 1.16 bits per heavy atom. The molecule has 0 saturated carbocycles. The zero-order valence-electron chi connectivity index (χ0n) is 15.2. The standard InChI is InChI=1S/C18H28N6.HI/c1-19-18(20-10-13-24-11-6-3-7-12-24)21-14-17-22-15-8-4-5-9-16(15)23(17)2;/h4-5,8-9H,3,6-7,10-14H2,1-2H3,(H2,19,20,21);1H. The molecule has 7 heteroatoms. The van der Waals surface area contributed by atoms with E-state index in [0.717, 1.165) is 35.9 Å².